The number of primary amides is 1. The van der Waals surface area contributed by atoms with Crippen molar-refractivity contribution in [1.29, 1.82) is 0 Å². The third-order valence-corrected chi connectivity index (χ3v) is 4.67. The minimum atomic E-state index is -0.395. The lowest BCUT2D eigenvalue weighted by Crippen LogP contribution is -2.32. The Kier molecular flexibility index (Phi) is 2.96. The van der Waals surface area contributed by atoms with Crippen LogP contribution in [0.1, 0.15) is 16.8 Å². The Balaban J connectivity index is 1.76. The van der Waals surface area contributed by atoms with Crippen LogP contribution in [-0.2, 0) is 0 Å². The smallest absolute Gasteiger partial charge is 0.248 e. The molecule has 22 heavy (non-hydrogen) atoms. The molecule has 1 fully saturated rings. The van der Waals surface area contributed by atoms with Crippen LogP contribution in [0.25, 0.3) is 0 Å². The Labute approximate surface area is 129 Å². The highest BCUT2D eigenvalue weighted by atomic mass is 16.1. The first kappa shape index (κ1) is 13.1. The average Bonchev–Trinajstić information content (AvgIpc) is 2.89. The lowest BCUT2D eigenvalue weighted by molar-refractivity contribution is 0.100. The Bertz CT molecular complexity index is 727. The van der Waals surface area contributed by atoms with Crippen molar-refractivity contribution in [3.05, 3.63) is 66.0 Å². The molecule has 110 valence electrons. The van der Waals surface area contributed by atoms with Gasteiger partial charge in [0.2, 0.25) is 5.91 Å². The number of allylic oxidation sites excluding steroid dienone is 4. The number of carbonyl (C=O) groups excluding carboxylic acids is 1. The summed E-state index contributed by atoms with van der Waals surface area (Å²) in [5.74, 6) is 0.477. The zero-order chi connectivity index (χ0) is 15.1. The van der Waals surface area contributed by atoms with Gasteiger partial charge in [-0.15, -0.1) is 0 Å². The molecule has 0 radical (unpaired) electrons. The maximum Gasteiger partial charge on any atom is 0.248 e. The molecule has 3 unspecified atom stereocenters. The fourth-order valence-corrected chi connectivity index (χ4v) is 3.63. The molecule has 4 nitrogen and oxygen atoms in total. The molecule has 2 N–H and O–H groups in total. The lowest BCUT2D eigenvalue weighted by atomic mass is 9.85. The second kappa shape index (κ2) is 4.98. The molecule has 1 amide bonds. The van der Waals surface area contributed by atoms with E-state index in [1.807, 2.05) is 18.3 Å². The molecular weight excluding hydrogens is 274 g/mol. The molecule has 1 saturated heterocycles. The van der Waals surface area contributed by atoms with E-state index in [1.54, 1.807) is 12.1 Å². The fraction of sp³-hybridized carbons (Fsp3) is 0.222. The molecule has 0 bridgehead atoms. The summed E-state index contributed by atoms with van der Waals surface area (Å²) in [5.41, 5.74) is 8.27. The molecular formula is C18H17N3O. The van der Waals surface area contributed by atoms with Gasteiger partial charge in [-0.1, -0.05) is 12.2 Å². The number of nitrogens with two attached hydrogens (primary N) is 1. The average molecular weight is 291 g/mol. The number of rotatable bonds is 2. The van der Waals surface area contributed by atoms with Crippen LogP contribution in [0.15, 0.2) is 65.5 Å². The highest BCUT2D eigenvalue weighted by Crippen LogP contribution is 2.45. The molecule has 3 atom stereocenters. The second-order valence-corrected chi connectivity index (χ2v) is 5.85. The number of anilines is 1. The highest BCUT2D eigenvalue weighted by molar-refractivity contribution is 5.93. The quantitative estimate of drug-likeness (QED) is 0.910. The third kappa shape index (κ3) is 1.91. The summed E-state index contributed by atoms with van der Waals surface area (Å²) < 4.78 is 0. The minimum absolute atomic E-state index is 0.285. The van der Waals surface area contributed by atoms with Crippen LogP contribution in [0.3, 0.4) is 0 Å². The number of hydrogen-bond acceptors (Lipinski definition) is 3. The molecule has 0 aromatic heterocycles. The number of amides is 1. The minimum Gasteiger partial charge on any atom is -0.366 e. The number of fused-ring (bicyclic) bond motifs is 3. The first-order valence-corrected chi connectivity index (χ1v) is 7.51. The van der Waals surface area contributed by atoms with Crippen LogP contribution in [0.2, 0.25) is 0 Å². The van der Waals surface area contributed by atoms with Gasteiger partial charge in [-0.25, -0.2) is 0 Å². The van der Waals surface area contributed by atoms with Gasteiger partial charge < -0.3 is 10.6 Å². The van der Waals surface area contributed by atoms with E-state index in [9.17, 15) is 4.79 Å². The molecule has 2 heterocycles. The summed E-state index contributed by atoms with van der Waals surface area (Å²) in [7, 11) is 0. The van der Waals surface area contributed by atoms with Gasteiger partial charge in [0.05, 0.1) is 6.04 Å². The SMILES string of the molecule is NC(=O)c1ccc(N2C3=CC=CCC3C3C=NC=CC32)cc1. The highest BCUT2D eigenvalue weighted by Gasteiger charge is 2.44. The Hall–Kier alpha value is -2.62. The standard InChI is InChI=1S/C18H17N3O/c19-18(22)12-5-7-13(8-6-12)21-16-4-2-1-3-14(16)15-11-20-10-9-17(15)21/h1-2,4-11,14-15,17H,3H2,(H2,19,22). The molecule has 4 heteroatoms. The molecule has 0 spiro atoms. The number of benzene rings is 1. The monoisotopic (exact) mass is 291 g/mol. The van der Waals surface area contributed by atoms with E-state index >= 15 is 0 Å². The molecule has 4 rings (SSSR count). The van der Waals surface area contributed by atoms with Crippen molar-refractivity contribution >= 4 is 17.8 Å². The van der Waals surface area contributed by atoms with E-state index in [-0.39, 0.29) is 6.04 Å². The zero-order valence-electron chi connectivity index (χ0n) is 12.1. The van der Waals surface area contributed by atoms with Gasteiger partial charge >= 0.3 is 0 Å². The van der Waals surface area contributed by atoms with Crippen molar-refractivity contribution in [3.63, 3.8) is 0 Å². The van der Waals surface area contributed by atoms with Crippen LogP contribution in [-0.4, -0.2) is 18.2 Å². The number of carbonyl (C=O) groups is 1. The summed E-state index contributed by atoms with van der Waals surface area (Å²) in [6, 6.07) is 7.81. The van der Waals surface area contributed by atoms with Gasteiger partial charge in [0.1, 0.15) is 0 Å². The normalized spacial score (nSPS) is 28.3. The number of aliphatic imine (C=N–C) groups is 1. The predicted octanol–water partition coefficient (Wildman–Crippen LogP) is 2.65. The summed E-state index contributed by atoms with van der Waals surface area (Å²) in [6.45, 7) is 0. The van der Waals surface area contributed by atoms with E-state index in [1.165, 1.54) is 5.70 Å². The lowest BCUT2D eigenvalue weighted by Gasteiger charge is -2.28. The largest absolute Gasteiger partial charge is 0.366 e. The Morgan fingerprint density at radius 3 is 2.86 bits per heavy atom. The third-order valence-electron chi connectivity index (χ3n) is 4.67. The molecule has 0 saturated carbocycles. The summed E-state index contributed by atoms with van der Waals surface area (Å²) in [4.78, 5) is 17.9. The van der Waals surface area contributed by atoms with Gasteiger partial charge in [-0.05, 0) is 42.8 Å². The van der Waals surface area contributed by atoms with Crippen molar-refractivity contribution < 1.29 is 4.79 Å². The van der Waals surface area contributed by atoms with Crippen LogP contribution in [0, 0.1) is 11.8 Å². The predicted molar refractivity (Wildman–Crippen MR) is 87.7 cm³/mol. The van der Waals surface area contributed by atoms with E-state index in [0.29, 0.717) is 17.4 Å². The van der Waals surface area contributed by atoms with Crippen LogP contribution in [0.5, 0.6) is 0 Å². The van der Waals surface area contributed by atoms with Gasteiger partial charge in [0.15, 0.2) is 0 Å². The van der Waals surface area contributed by atoms with Crippen molar-refractivity contribution in [2.75, 3.05) is 4.90 Å². The maximum absolute atomic E-state index is 11.2. The molecule has 1 aromatic carbocycles. The summed E-state index contributed by atoms with van der Waals surface area (Å²) in [5, 5.41) is 0. The van der Waals surface area contributed by atoms with Crippen molar-refractivity contribution in [1.82, 2.24) is 0 Å². The molecule has 1 aliphatic carbocycles. The van der Waals surface area contributed by atoms with Crippen LogP contribution >= 0.6 is 0 Å². The van der Waals surface area contributed by atoms with Crippen molar-refractivity contribution in [2.45, 2.75) is 12.5 Å². The van der Waals surface area contributed by atoms with Crippen molar-refractivity contribution in [2.24, 2.45) is 22.6 Å². The van der Waals surface area contributed by atoms with Gasteiger partial charge in [0, 0.05) is 41.2 Å². The van der Waals surface area contributed by atoms with E-state index in [2.05, 4.69) is 40.4 Å². The second-order valence-electron chi connectivity index (χ2n) is 5.85. The first-order valence-electron chi connectivity index (χ1n) is 7.51. The fourth-order valence-electron chi connectivity index (χ4n) is 3.63. The van der Waals surface area contributed by atoms with Gasteiger partial charge in [0.25, 0.3) is 0 Å². The maximum atomic E-state index is 11.2. The molecule has 1 aromatic rings. The van der Waals surface area contributed by atoms with E-state index in [4.69, 9.17) is 5.73 Å². The Morgan fingerprint density at radius 1 is 1.27 bits per heavy atom. The first-order chi connectivity index (χ1) is 10.8. The van der Waals surface area contributed by atoms with Crippen LogP contribution in [0.4, 0.5) is 5.69 Å². The molecule has 3 aliphatic rings. The topological polar surface area (TPSA) is 58.7 Å². The van der Waals surface area contributed by atoms with Crippen molar-refractivity contribution in [3.8, 4) is 0 Å². The van der Waals surface area contributed by atoms with Gasteiger partial charge in [-0.2, -0.15) is 0 Å². The van der Waals surface area contributed by atoms with Gasteiger partial charge in [-0.3, -0.25) is 9.79 Å². The van der Waals surface area contributed by atoms with E-state index in [0.717, 1.165) is 12.1 Å². The van der Waals surface area contributed by atoms with Crippen LogP contribution < -0.4 is 10.6 Å². The molecule has 2 aliphatic heterocycles. The summed E-state index contributed by atoms with van der Waals surface area (Å²) in [6.07, 6.45) is 13.7. The zero-order valence-corrected chi connectivity index (χ0v) is 12.1. The number of nitrogens with zero attached hydrogens (tertiary/aromatic N) is 2. The summed E-state index contributed by atoms with van der Waals surface area (Å²) >= 11 is 0. The Morgan fingerprint density at radius 2 is 2.09 bits per heavy atom. The van der Waals surface area contributed by atoms with E-state index < -0.39 is 5.91 Å². The number of hydrogen-bond donors (Lipinski definition) is 1.